The molecule has 0 unspecified atom stereocenters. The first kappa shape index (κ1) is 40.7. The van der Waals surface area contributed by atoms with Crippen LogP contribution in [0, 0.1) is 13.8 Å². The van der Waals surface area contributed by atoms with Crippen molar-refractivity contribution in [1.29, 1.82) is 0 Å². The fourth-order valence-electron chi connectivity index (χ4n) is 8.34. The molecule has 8 aromatic carbocycles. The molecule has 0 spiro atoms. The molecule has 0 aliphatic heterocycles. The van der Waals surface area contributed by atoms with Crippen LogP contribution in [0.5, 0.6) is 23.0 Å². The molecule has 0 fully saturated rings. The monoisotopic (exact) mass is 840 g/mol. The quantitative estimate of drug-likeness (QED) is 0.0619. The van der Waals surface area contributed by atoms with Crippen LogP contribution in [0.25, 0.3) is 67.0 Å². The van der Waals surface area contributed by atoms with E-state index >= 15 is 0 Å². The average molecular weight is 841 g/mol. The lowest BCUT2D eigenvalue weighted by molar-refractivity contribution is 0.371. The fraction of sp³-hybridized carbons (Fsp3) is 0.0536. The summed E-state index contributed by atoms with van der Waals surface area (Å²) in [5.74, 6) is -2.08. The molecule has 0 radical (unpaired) electrons. The van der Waals surface area contributed by atoms with Gasteiger partial charge >= 0.3 is 0 Å². The lowest BCUT2D eigenvalue weighted by Gasteiger charge is -2.30. The first-order valence-electron chi connectivity index (χ1n) is 20.6. The molecule has 0 amide bonds. The standard InChI is InChI=1S/C56H44N2O4S/c1-35-31-41(37-17-8-4-9-18-37)32-46(38-19-10-5-11-20-38)52(35)58(43-23-14-7-15-24-43)44-29-27-40(28-30-44)50-45(25-16-26-49(50)63-3)48-34-42(33-47(57-48)39-21-12-6-13-22-39)51-55(61)53(59)36(2)54(60)56(51)62/h4-34,59-62H,1-3H3. The summed E-state index contributed by atoms with van der Waals surface area (Å²) in [6.45, 7) is 3.61. The molecule has 4 N–H and O–H groups in total. The maximum absolute atomic E-state index is 11.2. The first-order valence-corrected chi connectivity index (χ1v) is 21.9. The van der Waals surface area contributed by atoms with E-state index in [-0.39, 0.29) is 11.1 Å². The molecule has 6 nitrogen and oxygen atoms in total. The zero-order chi connectivity index (χ0) is 43.6. The van der Waals surface area contributed by atoms with Crippen molar-refractivity contribution in [3.8, 4) is 90.0 Å². The number of benzene rings is 8. The number of thioether (sulfide) groups is 1. The topological polar surface area (TPSA) is 97.0 Å². The summed E-state index contributed by atoms with van der Waals surface area (Å²) in [4.78, 5) is 8.54. The maximum Gasteiger partial charge on any atom is 0.169 e. The fourth-order valence-corrected chi connectivity index (χ4v) is 8.99. The second kappa shape index (κ2) is 17.3. The predicted octanol–water partition coefficient (Wildman–Crippen LogP) is 14.7. The molecule has 63 heavy (non-hydrogen) atoms. The summed E-state index contributed by atoms with van der Waals surface area (Å²) in [6.07, 6.45) is 2.05. The second-order valence-electron chi connectivity index (χ2n) is 15.4. The molecule has 0 saturated carbocycles. The predicted molar refractivity (Wildman–Crippen MR) is 259 cm³/mol. The van der Waals surface area contributed by atoms with E-state index in [1.165, 1.54) is 6.92 Å². The lowest BCUT2D eigenvalue weighted by atomic mass is 9.92. The average Bonchev–Trinajstić information content (AvgIpc) is 3.34. The molecular formula is C56H44N2O4S. The second-order valence-corrected chi connectivity index (χ2v) is 16.3. The molecule has 0 bridgehead atoms. The van der Waals surface area contributed by atoms with Crippen LogP contribution in [0.3, 0.4) is 0 Å². The van der Waals surface area contributed by atoms with Gasteiger partial charge in [-0.1, -0.05) is 133 Å². The Kier molecular flexibility index (Phi) is 11.2. The van der Waals surface area contributed by atoms with Gasteiger partial charge in [0.05, 0.1) is 22.6 Å². The number of rotatable bonds is 10. The molecule has 9 rings (SSSR count). The third-order valence-electron chi connectivity index (χ3n) is 11.5. The number of phenolic OH excluding ortho intramolecular Hbond substituents is 4. The van der Waals surface area contributed by atoms with Crippen molar-refractivity contribution in [2.75, 3.05) is 11.2 Å². The van der Waals surface area contributed by atoms with Gasteiger partial charge in [-0.3, -0.25) is 0 Å². The smallest absolute Gasteiger partial charge is 0.169 e. The zero-order valence-electron chi connectivity index (χ0n) is 35.0. The third-order valence-corrected chi connectivity index (χ3v) is 12.3. The van der Waals surface area contributed by atoms with Gasteiger partial charge in [0.2, 0.25) is 0 Å². The van der Waals surface area contributed by atoms with Crippen LogP contribution in [0.15, 0.2) is 193 Å². The van der Waals surface area contributed by atoms with E-state index in [1.807, 2.05) is 66.9 Å². The van der Waals surface area contributed by atoms with Crippen molar-refractivity contribution < 1.29 is 20.4 Å². The van der Waals surface area contributed by atoms with E-state index in [9.17, 15) is 20.4 Å². The number of aromatic hydroxyl groups is 4. The van der Waals surface area contributed by atoms with Crippen LogP contribution in [0.1, 0.15) is 11.1 Å². The van der Waals surface area contributed by atoms with Crippen molar-refractivity contribution in [1.82, 2.24) is 4.98 Å². The molecule has 1 aromatic heterocycles. The lowest BCUT2D eigenvalue weighted by Crippen LogP contribution is -2.13. The Labute approximate surface area is 371 Å². The minimum atomic E-state index is -0.532. The Morgan fingerprint density at radius 3 is 1.56 bits per heavy atom. The highest BCUT2D eigenvalue weighted by Gasteiger charge is 2.25. The number of hydrogen-bond acceptors (Lipinski definition) is 7. The van der Waals surface area contributed by atoms with Gasteiger partial charge in [-0.2, -0.15) is 0 Å². The molecule has 1 heterocycles. The van der Waals surface area contributed by atoms with Crippen molar-refractivity contribution in [2.45, 2.75) is 18.7 Å². The first-order chi connectivity index (χ1) is 30.7. The number of pyridine rings is 1. The Balaban J connectivity index is 1.22. The maximum atomic E-state index is 11.2. The summed E-state index contributed by atoms with van der Waals surface area (Å²) in [5, 5.41) is 44.1. The number of para-hydroxylation sites is 1. The van der Waals surface area contributed by atoms with Crippen molar-refractivity contribution >= 4 is 28.8 Å². The van der Waals surface area contributed by atoms with E-state index in [1.54, 1.807) is 23.9 Å². The van der Waals surface area contributed by atoms with E-state index in [4.69, 9.17) is 4.98 Å². The van der Waals surface area contributed by atoms with Crippen LogP contribution in [-0.4, -0.2) is 31.7 Å². The summed E-state index contributed by atoms with van der Waals surface area (Å²) >= 11 is 1.63. The summed E-state index contributed by atoms with van der Waals surface area (Å²) < 4.78 is 0. The van der Waals surface area contributed by atoms with Crippen LogP contribution in [0.2, 0.25) is 0 Å². The molecule has 7 heteroatoms. The van der Waals surface area contributed by atoms with Gasteiger partial charge in [0, 0.05) is 44.1 Å². The van der Waals surface area contributed by atoms with E-state index < -0.39 is 23.0 Å². The van der Waals surface area contributed by atoms with Crippen LogP contribution in [-0.2, 0) is 0 Å². The molecular weight excluding hydrogens is 797 g/mol. The van der Waals surface area contributed by atoms with Crippen LogP contribution in [0.4, 0.5) is 17.1 Å². The van der Waals surface area contributed by atoms with Crippen molar-refractivity contribution in [3.63, 3.8) is 0 Å². The highest BCUT2D eigenvalue weighted by Crippen LogP contribution is 2.52. The Hall–Kier alpha value is -7.74. The molecule has 0 aliphatic rings. The number of aromatic nitrogens is 1. The van der Waals surface area contributed by atoms with Gasteiger partial charge < -0.3 is 25.3 Å². The van der Waals surface area contributed by atoms with E-state index in [2.05, 4.69) is 127 Å². The van der Waals surface area contributed by atoms with Gasteiger partial charge in [0.15, 0.2) is 23.0 Å². The summed E-state index contributed by atoms with van der Waals surface area (Å²) in [7, 11) is 0. The number of nitrogens with zero attached hydrogens (tertiary/aromatic N) is 2. The van der Waals surface area contributed by atoms with Gasteiger partial charge in [-0.15, -0.1) is 11.8 Å². The zero-order valence-corrected chi connectivity index (χ0v) is 35.8. The van der Waals surface area contributed by atoms with Gasteiger partial charge in [0.25, 0.3) is 0 Å². The minimum Gasteiger partial charge on any atom is -0.504 e. The van der Waals surface area contributed by atoms with E-state index in [0.29, 0.717) is 17.0 Å². The molecule has 0 aliphatic carbocycles. The normalized spacial score (nSPS) is 11.1. The highest BCUT2D eigenvalue weighted by molar-refractivity contribution is 7.98. The molecule has 9 aromatic rings. The largest absolute Gasteiger partial charge is 0.504 e. The number of aryl methyl sites for hydroxylation is 1. The van der Waals surface area contributed by atoms with Crippen LogP contribution >= 0.6 is 11.8 Å². The minimum absolute atomic E-state index is 0.0220. The van der Waals surface area contributed by atoms with Crippen molar-refractivity contribution in [2.24, 2.45) is 0 Å². The number of anilines is 3. The summed E-state index contributed by atoms with van der Waals surface area (Å²) in [5.41, 5.74) is 13.7. The summed E-state index contributed by atoms with van der Waals surface area (Å²) in [6, 6.07) is 63.9. The highest BCUT2D eigenvalue weighted by atomic mass is 32.2. The van der Waals surface area contributed by atoms with Gasteiger partial charge in [-0.05, 0) is 108 Å². The van der Waals surface area contributed by atoms with E-state index in [0.717, 1.165) is 72.0 Å². The van der Waals surface area contributed by atoms with Gasteiger partial charge in [-0.25, -0.2) is 4.98 Å². The van der Waals surface area contributed by atoms with Gasteiger partial charge in [0.1, 0.15) is 0 Å². The third kappa shape index (κ3) is 7.75. The SMILES string of the molecule is CSc1cccc(-c2cc(-c3c(O)c(O)c(C)c(O)c3O)cc(-c3ccccc3)n2)c1-c1ccc(N(c2ccccc2)c2c(C)cc(-c3ccccc3)cc2-c2ccccc2)cc1. The number of phenols is 4. The molecule has 0 saturated heterocycles. The molecule has 0 atom stereocenters. The molecule has 308 valence electrons. The number of hydrogen-bond donors (Lipinski definition) is 4. The van der Waals surface area contributed by atoms with Crippen molar-refractivity contribution in [3.05, 3.63) is 199 Å². The Morgan fingerprint density at radius 1 is 0.413 bits per heavy atom. The Morgan fingerprint density at radius 2 is 0.952 bits per heavy atom. The Bertz CT molecular complexity index is 3060. The van der Waals surface area contributed by atoms with Crippen LogP contribution < -0.4 is 4.90 Å².